The normalized spacial score (nSPS) is 18.6. The van der Waals surface area contributed by atoms with E-state index in [2.05, 4.69) is 34.5 Å². The van der Waals surface area contributed by atoms with Gasteiger partial charge in [0.25, 0.3) is 0 Å². The Morgan fingerprint density at radius 2 is 2.13 bits per heavy atom. The molecule has 0 spiro atoms. The fourth-order valence-corrected chi connectivity index (χ4v) is 2.57. The lowest BCUT2D eigenvalue weighted by Crippen LogP contribution is -2.46. The maximum atomic E-state index is 12.2. The highest BCUT2D eigenvalue weighted by Crippen LogP contribution is 2.20. The quantitative estimate of drug-likeness (QED) is 0.605. The van der Waals surface area contributed by atoms with Crippen LogP contribution in [0.25, 0.3) is 0 Å². The second-order valence-corrected chi connectivity index (χ2v) is 5.78. The molecule has 6 heteroatoms. The minimum atomic E-state index is 0.0813. The molecule has 126 valence electrons. The molecule has 2 N–H and O–H groups in total. The average Bonchev–Trinajstić information content (AvgIpc) is 2.94. The second kappa shape index (κ2) is 8.53. The number of hydrogen-bond acceptors (Lipinski definition) is 3. The van der Waals surface area contributed by atoms with Crippen molar-refractivity contribution in [1.82, 2.24) is 15.5 Å². The highest BCUT2D eigenvalue weighted by molar-refractivity contribution is 5.97. The van der Waals surface area contributed by atoms with Gasteiger partial charge in [-0.2, -0.15) is 0 Å². The number of likely N-dealkylation sites (N-methyl/N-ethyl adjacent to an activating group) is 1. The number of para-hydroxylation sites is 1. The summed E-state index contributed by atoms with van der Waals surface area (Å²) in [6.45, 7) is 5.61. The molecular weight excluding hydrogens is 290 g/mol. The van der Waals surface area contributed by atoms with E-state index in [1.54, 1.807) is 7.05 Å². The van der Waals surface area contributed by atoms with Gasteiger partial charge in [0.1, 0.15) is 0 Å². The van der Waals surface area contributed by atoms with Crippen LogP contribution in [-0.4, -0.2) is 63.1 Å². The number of nitrogens with one attached hydrogen (secondary N) is 2. The molecule has 1 atom stereocenters. The minimum Gasteiger partial charge on any atom is -0.355 e. The van der Waals surface area contributed by atoms with Gasteiger partial charge in [-0.05, 0) is 25.7 Å². The van der Waals surface area contributed by atoms with Crippen molar-refractivity contribution in [1.29, 1.82) is 0 Å². The first-order valence-corrected chi connectivity index (χ1v) is 8.15. The van der Waals surface area contributed by atoms with Gasteiger partial charge < -0.3 is 20.4 Å². The fourth-order valence-electron chi connectivity index (χ4n) is 2.57. The Morgan fingerprint density at radius 1 is 1.39 bits per heavy atom. The zero-order valence-electron chi connectivity index (χ0n) is 14.2. The number of guanidine groups is 1. The number of benzene rings is 1. The minimum absolute atomic E-state index is 0.0813. The van der Waals surface area contributed by atoms with Gasteiger partial charge in [0, 0.05) is 38.8 Å². The molecule has 2 rings (SSSR count). The molecule has 1 unspecified atom stereocenters. The molecule has 23 heavy (non-hydrogen) atoms. The molecule has 1 aromatic rings. The van der Waals surface area contributed by atoms with Crippen molar-refractivity contribution in [3.8, 4) is 0 Å². The first kappa shape index (κ1) is 17.3. The Kier molecular flexibility index (Phi) is 6.40. The van der Waals surface area contributed by atoms with Crippen LogP contribution < -0.4 is 15.5 Å². The molecule has 1 aliphatic heterocycles. The van der Waals surface area contributed by atoms with Gasteiger partial charge in [-0.1, -0.05) is 25.1 Å². The van der Waals surface area contributed by atoms with Crippen LogP contribution in [0.3, 0.4) is 0 Å². The van der Waals surface area contributed by atoms with Crippen molar-refractivity contribution in [3.05, 3.63) is 30.3 Å². The van der Waals surface area contributed by atoms with Gasteiger partial charge in [-0.15, -0.1) is 0 Å². The molecule has 1 heterocycles. The highest BCUT2D eigenvalue weighted by atomic mass is 16.2. The molecule has 1 saturated heterocycles. The zero-order chi connectivity index (χ0) is 16.7. The van der Waals surface area contributed by atoms with E-state index >= 15 is 0 Å². The molecule has 6 nitrogen and oxygen atoms in total. The average molecular weight is 317 g/mol. The van der Waals surface area contributed by atoms with Crippen LogP contribution in [0.5, 0.6) is 0 Å². The van der Waals surface area contributed by atoms with E-state index in [1.165, 1.54) is 0 Å². The number of carbonyl (C=O) groups excluding carboxylic acids is 1. The van der Waals surface area contributed by atoms with E-state index in [-0.39, 0.29) is 11.9 Å². The molecule has 0 saturated carbocycles. The smallest absolute Gasteiger partial charge is 0.229 e. The summed E-state index contributed by atoms with van der Waals surface area (Å²) in [6, 6.07) is 9.88. The van der Waals surface area contributed by atoms with Gasteiger partial charge >= 0.3 is 0 Å². The first-order chi connectivity index (χ1) is 11.1. The molecule has 1 fully saturated rings. The Morgan fingerprint density at radius 3 is 2.78 bits per heavy atom. The lowest BCUT2D eigenvalue weighted by atomic mass is 10.2. The van der Waals surface area contributed by atoms with Crippen LogP contribution in [-0.2, 0) is 4.79 Å². The zero-order valence-corrected chi connectivity index (χ0v) is 14.2. The topological polar surface area (TPSA) is 60.0 Å². The predicted molar refractivity (Wildman–Crippen MR) is 94.9 cm³/mol. The van der Waals surface area contributed by atoms with Crippen molar-refractivity contribution in [2.45, 2.75) is 19.4 Å². The highest BCUT2D eigenvalue weighted by Gasteiger charge is 2.30. The maximum Gasteiger partial charge on any atom is 0.229 e. The molecule has 0 radical (unpaired) electrons. The summed E-state index contributed by atoms with van der Waals surface area (Å²) < 4.78 is 0. The van der Waals surface area contributed by atoms with E-state index in [1.807, 2.05) is 35.2 Å². The third-order valence-corrected chi connectivity index (χ3v) is 4.08. The number of anilines is 1. The van der Waals surface area contributed by atoms with Crippen LogP contribution in [0, 0.1) is 0 Å². The molecule has 1 aliphatic rings. The van der Waals surface area contributed by atoms with Crippen LogP contribution in [0.4, 0.5) is 5.69 Å². The third kappa shape index (κ3) is 4.96. The summed E-state index contributed by atoms with van der Waals surface area (Å²) >= 11 is 0. The number of amides is 1. The number of nitrogens with zero attached hydrogens (tertiary/aromatic N) is 3. The van der Waals surface area contributed by atoms with Crippen LogP contribution in [0.15, 0.2) is 35.3 Å². The van der Waals surface area contributed by atoms with Gasteiger partial charge in [0.2, 0.25) is 5.91 Å². The Hall–Kier alpha value is -2.08. The second-order valence-electron chi connectivity index (χ2n) is 5.78. The number of rotatable bonds is 6. The molecular formula is C17H27N5O. The van der Waals surface area contributed by atoms with Gasteiger partial charge in [0.15, 0.2) is 5.96 Å². The van der Waals surface area contributed by atoms with Gasteiger partial charge in [-0.3, -0.25) is 9.79 Å². The van der Waals surface area contributed by atoms with Crippen molar-refractivity contribution < 1.29 is 4.79 Å². The Labute approximate surface area is 138 Å². The largest absolute Gasteiger partial charge is 0.355 e. The standard InChI is InChI=1S/C17H27N5O/c1-4-21(3)11-10-19-17(18-2)20-14-12-16(23)22(13-14)15-8-6-5-7-9-15/h5-9,14H,4,10-13H2,1-3H3,(H2,18,19,20). The summed E-state index contributed by atoms with van der Waals surface area (Å²) in [5, 5.41) is 6.64. The van der Waals surface area contributed by atoms with E-state index in [4.69, 9.17) is 0 Å². The lowest BCUT2D eigenvalue weighted by molar-refractivity contribution is -0.117. The third-order valence-electron chi connectivity index (χ3n) is 4.08. The van der Waals surface area contributed by atoms with Crippen molar-refractivity contribution in [3.63, 3.8) is 0 Å². The first-order valence-electron chi connectivity index (χ1n) is 8.15. The number of hydrogen-bond donors (Lipinski definition) is 2. The van der Waals surface area contributed by atoms with Crippen molar-refractivity contribution in [2.75, 3.05) is 45.2 Å². The SMILES string of the molecule is CCN(C)CCNC(=NC)NC1CC(=O)N(c2ccccc2)C1. The lowest BCUT2D eigenvalue weighted by Gasteiger charge is -2.20. The van der Waals surface area contributed by atoms with Gasteiger partial charge in [0.05, 0.1) is 6.04 Å². The molecule has 0 aromatic heterocycles. The monoisotopic (exact) mass is 317 g/mol. The van der Waals surface area contributed by atoms with Gasteiger partial charge in [-0.25, -0.2) is 0 Å². The summed E-state index contributed by atoms with van der Waals surface area (Å²) in [7, 11) is 3.84. The number of aliphatic imine (C=N–C) groups is 1. The van der Waals surface area contributed by atoms with Crippen molar-refractivity contribution >= 4 is 17.6 Å². The van der Waals surface area contributed by atoms with Crippen LogP contribution >= 0.6 is 0 Å². The summed E-state index contributed by atoms with van der Waals surface area (Å²) in [5.74, 6) is 0.900. The van der Waals surface area contributed by atoms with E-state index < -0.39 is 0 Å². The molecule has 1 aromatic carbocycles. The van der Waals surface area contributed by atoms with E-state index in [0.717, 1.165) is 31.3 Å². The molecule has 0 aliphatic carbocycles. The maximum absolute atomic E-state index is 12.2. The summed E-state index contributed by atoms with van der Waals surface area (Å²) in [6.07, 6.45) is 0.491. The van der Waals surface area contributed by atoms with Crippen LogP contribution in [0.2, 0.25) is 0 Å². The Bertz CT molecular complexity index is 531. The van der Waals surface area contributed by atoms with E-state index in [0.29, 0.717) is 13.0 Å². The van der Waals surface area contributed by atoms with Crippen LogP contribution in [0.1, 0.15) is 13.3 Å². The summed E-state index contributed by atoms with van der Waals surface area (Å²) in [4.78, 5) is 20.5. The predicted octanol–water partition coefficient (Wildman–Crippen LogP) is 0.909. The van der Waals surface area contributed by atoms with Crippen molar-refractivity contribution in [2.24, 2.45) is 4.99 Å². The fraction of sp³-hybridized carbons (Fsp3) is 0.529. The number of carbonyl (C=O) groups is 1. The molecule has 0 bridgehead atoms. The Balaban J connectivity index is 1.84. The summed E-state index contributed by atoms with van der Waals surface area (Å²) in [5.41, 5.74) is 0.953. The molecule has 1 amide bonds. The van der Waals surface area contributed by atoms with E-state index in [9.17, 15) is 4.79 Å².